The van der Waals surface area contributed by atoms with E-state index in [1.54, 1.807) is 0 Å². The molecule has 3 heterocycles. The van der Waals surface area contributed by atoms with Gasteiger partial charge in [0.2, 0.25) is 5.91 Å². The van der Waals surface area contributed by atoms with E-state index in [0.29, 0.717) is 19.0 Å². The number of likely N-dealkylation sites (tertiary alicyclic amines) is 2. The second kappa shape index (κ2) is 8.43. The Labute approximate surface area is 170 Å². The lowest BCUT2D eigenvalue weighted by molar-refractivity contribution is -0.137. The summed E-state index contributed by atoms with van der Waals surface area (Å²) in [6.45, 7) is 5.02. The zero-order valence-corrected chi connectivity index (χ0v) is 17.2. The van der Waals surface area contributed by atoms with Gasteiger partial charge in [0.15, 0.2) is 0 Å². The molecule has 1 aromatic heterocycles. The zero-order valence-electron chi connectivity index (χ0n) is 16.4. The number of aryl methyl sites for hydroxylation is 1. The molecule has 0 unspecified atom stereocenters. The van der Waals surface area contributed by atoms with Crippen LogP contribution >= 0.6 is 11.3 Å². The molecule has 2 aliphatic heterocycles. The average molecular weight is 398 g/mol. The minimum absolute atomic E-state index is 0.0565. The summed E-state index contributed by atoms with van der Waals surface area (Å²) < 4.78 is 0. The summed E-state index contributed by atoms with van der Waals surface area (Å²) in [5.74, 6) is 0.428. The largest absolute Gasteiger partial charge is 0.342 e. The second-order valence-electron chi connectivity index (χ2n) is 7.75. The summed E-state index contributed by atoms with van der Waals surface area (Å²) in [4.78, 5) is 35.0. The number of nitrogens with zero attached hydrogens (tertiary/aromatic N) is 3. The molecule has 0 atom stereocenters. The average Bonchev–Trinajstić information content (AvgIpc) is 3.16. The maximum Gasteiger partial charge on any atom is 0.265 e. The van der Waals surface area contributed by atoms with E-state index in [2.05, 4.69) is 4.98 Å². The maximum absolute atomic E-state index is 13.0. The van der Waals surface area contributed by atoms with E-state index in [-0.39, 0.29) is 11.8 Å². The van der Waals surface area contributed by atoms with E-state index < -0.39 is 0 Å². The molecule has 0 saturated carbocycles. The van der Waals surface area contributed by atoms with Crippen molar-refractivity contribution < 1.29 is 9.59 Å². The Kier molecular flexibility index (Phi) is 5.76. The Morgan fingerprint density at radius 3 is 2.32 bits per heavy atom. The highest BCUT2D eigenvalue weighted by atomic mass is 32.1. The Hall–Kier alpha value is -2.21. The normalized spacial score (nSPS) is 18.3. The van der Waals surface area contributed by atoms with Crippen molar-refractivity contribution in [2.45, 2.75) is 39.0 Å². The topological polar surface area (TPSA) is 53.5 Å². The van der Waals surface area contributed by atoms with Crippen molar-refractivity contribution in [3.05, 3.63) is 40.9 Å². The van der Waals surface area contributed by atoms with Crippen LogP contribution in [-0.2, 0) is 4.79 Å². The molecule has 148 valence electrons. The van der Waals surface area contributed by atoms with Gasteiger partial charge >= 0.3 is 0 Å². The van der Waals surface area contributed by atoms with Crippen molar-refractivity contribution in [3.8, 4) is 10.6 Å². The highest BCUT2D eigenvalue weighted by molar-refractivity contribution is 7.17. The van der Waals surface area contributed by atoms with Gasteiger partial charge in [0.25, 0.3) is 5.91 Å². The van der Waals surface area contributed by atoms with Gasteiger partial charge in [-0.05, 0) is 39.0 Å². The number of amides is 2. The van der Waals surface area contributed by atoms with Crippen LogP contribution in [-0.4, -0.2) is 52.8 Å². The number of rotatable bonds is 3. The lowest BCUT2D eigenvalue weighted by atomic mass is 9.94. The van der Waals surface area contributed by atoms with Gasteiger partial charge in [-0.25, -0.2) is 4.98 Å². The van der Waals surface area contributed by atoms with Gasteiger partial charge in [0.1, 0.15) is 9.88 Å². The first-order valence-corrected chi connectivity index (χ1v) is 11.1. The molecule has 2 saturated heterocycles. The fraction of sp³-hybridized carbons (Fsp3) is 0.500. The van der Waals surface area contributed by atoms with Gasteiger partial charge in [-0.3, -0.25) is 9.59 Å². The van der Waals surface area contributed by atoms with E-state index in [0.717, 1.165) is 59.9 Å². The van der Waals surface area contributed by atoms with E-state index in [1.807, 2.05) is 47.1 Å². The van der Waals surface area contributed by atoms with Crippen LogP contribution in [0.4, 0.5) is 0 Å². The zero-order chi connectivity index (χ0) is 19.5. The van der Waals surface area contributed by atoms with Gasteiger partial charge in [-0.2, -0.15) is 0 Å². The summed E-state index contributed by atoms with van der Waals surface area (Å²) >= 11 is 1.47. The van der Waals surface area contributed by atoms with Crippen LogP contribution in [0.25, 0.3) is 10.6 Å². The Balaban J connectivity index is 1.39. The Bertz CT molecular complexity index is 835. The van der Waals surface area contributed by atoms with Crippen LogP contribution in [0.5, 0.6) is 0 Å². The van der Waals surface area contributed by atoms with E-state index >= 15 is 0 Å². The number of thiazole rings is 1. The lowest BCUT2D eigenvalue weighted by Crippen LogP contribution is -2.45. The molecule has 2 aromatic rings. The van der Waals surface area contributed by atoms with Crippen molar-refractivity contribution in [1.82, 2.24) is 14.8 Å². The minimum atomic E-state index is 0.0565. The highest BCUT2D eigenvalue weighted by Crippen LogP contribution is 2.30. The van der Waals surface area contributed by atoms with Crippen molar-refractivity contribution >= 4 is 23.2 Å². The van der Waals surface area contributed by atoms with Crippen LogP contribution in [0.2, 0.25) is 0 Å². The van der Waals surface area contributed by atoms with E-state index in [1.165, 1.54) is 17.8 Å². The van der Waals surface area contributed by atoms with Crippen molar-refractivity contribution in [1.29, 1.82) is 0 Å². The van der Waals surface area contributed by atoms with Crippen LogP contribution in [0, 0.1) is 12.8 Å². The molecule has 4 rings (SSSR count). The Morgan fingerprint density at radius 1 is 0.964 bits per heavy atom. The lowest BCUT2D eigenvalue weighted by Gasteiger charge is -2.35. The highest BCUT2D eigenvalue weighted by Gasteiger charge is 2.32. The quantitative estimate of drug-likeness (QED) is 0.787. The maximum atomic E-state index is 13.0. The third kappa shape index (κ3) is 3.97. The van der Waals surface area contributed by atoms with Crippen LogP contribution in [0.1, 0.15) is 47.5 Å². The number of carbonyl (C=O) groups excluding carboxylic acids is 2. The number of benzene rings is 1. The van der Waals surface area contributed by atoms with E-state index in [9.17, 15) is 9.59 Å². The Morgan fingerprint density at radius 2 is 1.64 bits per heavy atom. The first-order valence-electron chi connectivity index (χ1n) is 10.2. The van der Waals surface area contributed by atoms with Crippen LogP contribution in [0.3, 0.4) is 0 Å². The molecule has 28 heavy (non-hydrogen) atoms. The molecule has 0 aliphatic carbocycles. The molecule has 2 aliphatic rings. The second-order valence-corrected chi connectivity index (χ2v) is 8.75. The monoisotopic (exact) mass is 397 g/mol. The molecule has 2 amide bonds. The molecule has 0 radical (unpaired) electrons. The van der Waals surface area contributed by atoms with Crippen LogP contribution < -0.4 is 0 Å². The van der Waals surface area contributed by atoms with Crippen LogP contribution in [0.15, 0.2) is 30.3 Å². The number of hydrogen-bond acceptors (Lipinski definition) is 4. The number of aromatic nitrogens is 1. The first kappa shape index (κ1) is 19.1. The number of piperidine rings is 2. The molecule has 0 N–H and O–H groups in total. The van der Waals surface area contributed by atoms with Crippen molar-refractivity contribution in [2.24, 2.45) is 5.92 Å². The predicted octanol–water partition coefficient (Wildman–Crippen LogP) is 3.98. The molecule has 1 aromatic carbocycles. The standard InChI is InChI=1S/C22H27N3O2S/c1-16-19(28-20(23-16)17-8-4-2-5-9-17)22(27)25-14-10-18(11-15-25)21(26)24-12-6-3-7-13-24/h2,4-5,8-9,18H,3,6-7,10-15H2,1H3. The van der Waals surface area contributed by atoms with E-state index in [4.69, 9.17) is 0 Å². The molecule has 2 fully saturated rings. The predicted molar refractivity (Wildman–Crippen MR) is 111 cm³/mol. The van der Waals surface area contributed by atoms with Crippen molar-refractivity contribution in [2.75, 3.05) is 26.2 Å². The van der Waals surface area contributed by atoms with Gasteiger partial charge < -0.3 is 9.80 Å². The molecular formula is C22H27N3O2S. The molecular weight excluding hydrogens is 370 g/mol. The summed E-state index contributed by atoms with van der Waals surface area (Å²) in [6, 6.07) is 9.98. The minimum Gasteiger partial charge on any atom is -0.342 e. The summed E-state index contributed by atoms with van der Waals surface area (Å²) in [5, 5.41) is 0.886. The summed E-state index contributed by atoms with van der Waals surface area (Å²) in [6.07, 6.45) is 5.01. The summed E-state index contributed by atoms with van der Waals surface area (Å²) in [7, 11) is 0. The fourth-order valence-electron chi connectivity index (χ4n) is 4.14. The van der Waals surface area contributed by atoms with Gasteiger partial charge in [-0.15, -0.1) is 11.3 Å². The summed E-state index contributed by atoms with van der Waals surface area (Å²) in [5.41, 5.74) is 1.83. The molecule has 6 heteroatoms. The smallest absolute Gasteiger partial charge is 0.265 e. The number of carbonyl (C=O) groups is 2. The molecule has 0 spiro atoms. The third-order valence-corrected chi connectivity index (χ3v) is 7.01. The van der Waals surface area contributed by atoms with Gasteiger partial charge in [-0.1, -0.05) is 30.3 Å². The number of hydrogen-bond donors (Lipinski definition) is 0. The van der Waals surface area contributed by atoms with Gasteiger partial charge in [0, 0.05) is 37.7 Å². The van der Waals surface area contributed by atoms with Gasteiger partial charge in [0.05, 0.1) is 5.69 Å². The molecule has 0 bridgehead atoms. The third-order valence-electron chi connectivity index (χ3n) is 5.81. The SMILES string of the molecule is Cc1nc(-c2ccccc2)sc1C(=O)N1CCC(C(=O)N2CCCCC2)CC1. The molecule has 5 nitrogen and oxygen atoms in total. The fourth-order valence-corrected chi connectivity index (χ4v) is 5.18. The van der Waals surface area contributed by atoms with Crippen molar-refractivity contribution in [3.63, 3.8) is 0 Å². The first-order chi connectivity index (χ1) is 13.6.